The topological polar surface area (TPSA) is 106 Å². The van der Waals surface area contributed by atoms with Crippen molar-refractivity contribution in [2.45, 2.75) is 13.5 Å². The lowest BCUT2D eigenvalue weighted by Crippen LogP contribution is -2.25. The molecule has 9 heteroatoms. The Kier molecular flexibility index (Phi) is 4.75. The normalized spacial score (nSPS) is 10.4. The summed E-state index contributed by atoms with van der Waals surface area (Å²) in [6.45, 7) is 1.16. The van der Waals surface area contributed by atoms with Crippen molar-refractivity contribution in [1.82, 2.24) is 9.72 Å². The third kappa shape index (κ3) is 4.01. The van der Waals surface area contributed by atoms with Crippen molar-refractivity contribution in [2.24, 2.45) is 0 Å². The van der Waals surface area contributed by atoms with Crippen molar-refractivity contribution in [3.63, 3.8) is 0 Å². The Balaban J connectivity index is 1.75. The second-order valence-electron chi connectivity index (χ2n) is 5.15. The van der Waals surface area contributed by atoms with Crippen LogP contribution in [0.1, 0.15) is 6.92 Å². The Labute approximate surface area is 146 Å². The largest absolute Gasteiger partial charge is 0.442 e. The Bertz CT molecular complexity index is 959. The Morgan fingerprint density at radius 3 is 2.64 bits per heavy atom. The van der Waals surface area contributed by atoms with Crippen LogP contribution in [0, 0.1) is 0 Å². The molecular weight excluding hydrogens is 344 g/mol. The van der Waals surface area contributed by atoms with E-state index in [1.807, 2.05) is 11.4 Å². The Morgan fingerprint density at radius 2 is 1.96 bits per heavy atom. The molecule has 0 bridgehead atoms. The van der Waals surface area contributed by atoms with Crippen LogP contribution in [-0.4, -0.2) is 21.5 Å². The Morgan fingerprint density at radius 1 is 1.20 bits per heavy atom. The van der Waals surface area contributed by atoms with Gasteiger partial charge in [0.05, 0.1) is 4.88 Å². The van der Waals surface area contributed by atoms with Crippen molar-refractivity contribution in [3.05, 3.63) is 52.3 Å². The molecular formula is C16H14N4O4S. The van der Waals surface area contributed by atoms with E-state index in [-0.39, 0.29) is 12.5 Å². The van der Waals surface area contributed by atoms with Gasteiger partial charge in [0.15, 0.2) is 5.82 Å². The first-order valence-electron chi connectivity index (χ1n) is 7.31. The van der Waals surface area contributed by atoms with E-state index < -0.39 is 11.7 Å². The number of carbonyl (C=O) groups is 2. The number of thiophene rings is 1. The second-order valence-corrected chi connectivity index (χ2v) is 6.09. The van der Waals surface area contributed by atoms with E-state index in [0.717, 1.165) is 4.88 Å². The summed E-state index contributed by atoms with van der Waals surface area (Å²) in [5, 5.41) is 10.9. The zero-order valence-corrected chi connectivity index (χ0v) is 14.0. The van der Waals surface area contributed by atoms with Gasteiger partial charge in [-0.25, -0.2) is 9.36 Å². The third-order valence-electron chi connectivity index (χ3n) is 3.20. The van der Waals surface area contributed by atoms with Gasteiger partial charge in [0, 0.05) is 18.3 Å². The van der Waals surface area contributed by atoms with Crippen molar-refractivity contribution in [2.75, 3.05) is 10.6 Å². The first-order chi connectivity index (χ1) is 12.0. The molecule has 0 atom stereocenters. The lowest BCUT2D eigenvalue weighted by Gasteiger charge is -2.08. The average Bonchev–Trinajstić information content (AvgIpc) is 3.18. The Hall–Kier alpha value is -3.20. The number of hydrogen-bond donors (Lipinski definition) is 2. The molecule has 1 aromatic carbocycles. The monoisotopic (exact) mass is 358 g/mol. The molecule has 8 nitrogen and oxygen atoms in total. The lowest BCUT2D eigenvalue weighted by molar-refractivity contribution is -0.117. The maximum absolute atomic E-state index is 12.3. The minimum atomic E-state index is -0.703. The third-order valence-corrected chi connectivity index (χ3v) is 4.06. The van der Waals surface area contributed by atoms with E-state index in [1.165, 1.54) is 22.8 Å². The molecule has 2 N–H and O–H groups in total. The summed E-state index contributed by atoms with van der Waals surface area (Å²) in [5.74, 6) is -1.02. The van der Waals surface area contributed by atoms with Gasteiger partial charge in [-0.05, 0) is 29.6 Å². The highest BCUT2D eigenvalue weighted by atomic mass is 32.1. The molecule has 0 fully saturated rings. The molecule has 0 saturated heterocycles. The van der Waals surface area contributed by atoms with Gasteiger partial charge in [0.25, 0.3) is 0 Å². The lowest BCUT2D eigenvalue weighted by atomic mass is 10.2. The molecule has 128 valence electrons. The van der Waals surface area contributed by atoms with Crippen LogP contribution in [0.25, 0.3) is 10.7 Å². The molecule has 2 amide bonds. The van der Waals surface area contributed by atoms with Crippen LogP contribution in [0.2, 0.25) is 0 Å². The van der Waals surface area contributed by atoms with Crippen LogP contribution >= 0.6 is 11.3 Å². The maximum atomic E-state index is 12.3. The first kappa shape index (κ1) is 16.7. The minimum absolute atomic E-state index is 0.208. The van der Waals surface area contributed by atoms with Crippen molar-refractivity contribution in [1.29, 1.82) is 0 Å². The molecule has 0 aliphatic carbocycles. The zero-order chi connectivity index (χ0) is 17.8. The minimum Gasteiger partial charge on any atom is -0.326 e. The van der Waals surface area contributed by atoms with Crippen LogP contribution < -0.4 is 16.4 Å². The van der Waals surface area contributed by atoms with Gasteiger partial charge in [-0.2, -0.15) is 0 Å². The predicted molar refractivity (Wildman–Crippen MR) is 93.5 cm³/mol. The number of anilines is 2. The van der Waals surface area contributed by atoms with Gasteiger partial charge in [-0.1, -0.05) is 17.3 Å². The van der Waals surface area contributed by atoms with Gasteiger partial charge in [-0.3, -0.25) is 14.1 Å². The number of nitrogens with zero attached hydrogens (tertiary/aromatic N) is 2. The molecule has 3 rings (SSSR count). The molecule has 0 spiro atoms. The van der Waals surface area contributed by atoms with Gasteiger partial charge in [0.2, 0.25) is 11.8 Å². The number of amides is 2. The number of aromatic nitrogens is 2. The maximum Gasteiger partial charge on any atom is 0.442 e. The summed E-state index contributed by atoms with van der Waals surface area (Å²) < 4.78 is 5.84. The molecule has 0 radical (unpaired) electrons. The summed E-state index contributed by atoms with van der Waals surface area (Å²) in [5.41, 5.74) is 1.06. The predicted octanol–water partition coefficient (Wildman–Crippen LogP) is 2.16. The quantitative estimate of drug-likeness (QED) is 0.727. The molecule has 0 aliphatic rings. The van der Waals surface area contributed by atoms with E-state index in [1.54, 1.807) is 30.3 Å². The summed E-state index contributed by atoms with van der Waals surface area (Å²) in [6.07, 6.45) is 0. The zero-order valence-electron chi connectivity index (χ0n) is 13.2. The fourth-order valence-corrected chi connectivity index (χ4v) is 2.93. The van der Waals surface area contributed by atoms with Crippen LogP contribution in [0.15, 0.2) is 51.1 Å². The second kappa shape index (κ2) is 7.14. The summed E-state index contributed by atoms with van der Waals surface area (Å²) >= 11 is 1.39. The summed E-state index contributed by atoms with van der Waals surface area (Å²) in [7, 11) is 0. The molecule has 25 heavy (non-hydrogen) atoms. The van der Waals surface area contributed by atoms with E-state index in [9.17, 15) is 14.4 Å². The number of hydrogen-bond acceptors (Lipinski definition) is 6. The number of nitrogens with one attached hydrogen (secondary N) is 2. The highest BCUT2D eigenvalue weighted by Crippen LogP contribution is 2.21. The highest BCUT2D eigenvalue weighted by molar-refractivity contribution is 7.13. The fraction of sp³-hybridized carbons (Fsp3) is 0.125. The van der Waals surface area contributed by atoms with Crippen molar-refractivity contribution >= 4 is 34.5 Å². The SMILES string of the molecule is CC(=O)Nc1cccc(NC(=O)Cn2c(-c3cccs3)noc2=O)c1. The van der Waals surface area contributed by atoms with Crippen LogP contribution in [0.4, 0.5) is 11.4 Å². The van der Waals surface area contributed by atoms with Crippen LogP contribution in [0.3, 0.4) is 0 Å². The summed E-state index contributed by atoms with van der Waals surface area (Å²) in [6, 6.07) is 10.3. The molecule has 0 unspecified atom stereocenters. The van der Waals surface area contributed by atoms with Gasteiger partial charge >= 0.3 is 5.76 Å². The fourth-order valence-electron chi connectivity index (χ4n) is 2.21. The summed E-state index contributed by atoms with van der Waals surface area (Å²) in [4.78, 5) is 35.9. The van der Waals surface area contributed by atoms with Gasteiger partial charge < -0.3 is 10.6 Å². The van der Waals surface area contributed by atoms with Crippen molar-refractivity contribution < 1.29 is 14.1 Å². The standard InChI is InChI=1S/C16H14N4O4S/c1-10(21)17-11-4-2-5-12(8-11)18-14(22)9-20-15(19-24-16(20)23)13-6-3-7-25-13/h2-8H,9H2,1H3,(H,17,21)(H,18,22). The smallest absolute Gasteiger partial charge is 0.326 e. The number of benzene rings is 1. The van der Waals surface area contributed by atoms with E-state index in [0.29, 0.717) is 17.2 Å². The molecule has 2 heterocycles. The van der Waals surface area contributed by atoms with E-state index >= 15 is 0 Å². The van der Waals surface area contributed by atoms with Gasteiger partial charge in [-0.15, -0.1) is 11.3 Å². The van der Waals surface area contributed by atoms with Crippen LogP contribution in [-0.2, 0) is 16.1 Å². The van der Waals surface area contributed by atoms with Crippen LogP contribution in [0.5, 0.6) is 0 Å². The molecule has 0 saturated carbocycles. The molecule has 0 aliphatic heterocycles. The van der Waals surface area contributed by atoms with E-state index in [2.05, 4.69) is 20.3 Å². The first-order valence-corrected chi connectivity index (χ1v) is 8.19. The molecule has 3 aromatic rings. The average molecular weight is 358 g/mol. The van der Waals surface area contributed by atoms with Gasteiger partial charge in [0.1, 0.15) is 6.54 Å². The number of carbonyl (C=O) groups excluding carboxylic acids is 2. The van der Waals surface area contributed by atoms with E-state index in [4.69, 9.17) is 0 Å². The number of rotatable bonds is 5. The molecule has 2 aromatic heterocycles. The highest BCUT2D eigenvalue weighted by Gasteiger charge is 2.16. The van der Waals surface area contributed by atoms with Crippen molar-refractivity contribution in [3.8, 4) is 10.7 Å².